The molecule has 0 radical (unpaired) electrons. The van der Waals surface area contributed by atoms with Crippen LogP contribution in [0.4, 0.5) is 0 Å². The van der Waals surface area contributed by atoms with Crippen LogP contribution in [0.3, 0.4) is 0 Å². The summed E-state index contributed by atoms with van der Waals surface area (Å²) < 4.78 is 6.75. The molecule has 0 aliphatic heterocycles. The van der Waals surface area contributed by atoms with Crippen molar-refractivity contribution in [2.75, 3.05) is 7.11 Å². The molecule has 0 fully saturated rings. The Morgan fingerprint density at radius 1 is 1.56 bits per heavy atom. The molecule has 7 heteroatoms. The van der Waals surface area contributed by atoms with Crippen LogP contribution >= 0.6 is 11.6 Å². The molecule has 0 atom stereocenters. The molecule has 0 spiro atoms. The number of rotatable bonds is 2. The molecule has 0 saturated heterocycles. The first-order valence-corrected chi connectivity index (χ1v) is 4.81. The van der Waals surface area contributed by atoms with E-state index in [1.165, 1.54) is 17.7 Å². The molecule has 6 nitrogen and oxygen atoms in total. The van der Waals surface area contributed by atoms with Crippen LogP contribution < -0.4 is 5.69 Å². The van der Waals surface area contributed by atoms with Crippen molar-refractivity contribution < 1.29 is 9.53 Å². The molecule has 0 aliphatic rings. The molecule has 0 aromatic carbocycles. The Labute approximate surface area is 95.0 Å². The summed E-state index contributed by atoms with van der Waals surface area (Å²) in [6.07, 6.45) is 1.44. The third-order valence-electron chi connectivity index (χ3n) is 2.05. The predicted octanol–water partition coefficient (Wildman–Crippen LogP) is 0.322. The maximum Gasteiger partial charge on any atom is 0.350 e. The lowest BCUT2D eigenvalue weighted by atomic mass is 10.5. The summed E-state index contributed by atoms with van der Waals surface area (Å²) in [6, 6.07) is 3.21. The average molecular weight is 242 g/mol. The molecular formula is C9H8ClN3O3. The molecular weight excluding hydrogens is 234 g/mol. The molecule has 0 N–H and O–H groups in total. The van der Waals surface area contributed by atoms with E-state index in [2.05, 4.69) is 9.84 Å². The maximum absolute atomic E-state index is 11.7. The quantitative estimate of drug-likeness (QED) is 0.711. The van der Waals surface area contributed by atoms with Crippen LogP contribution in [-0.2, 0) is 16.1 Å². The van der Waals surface area contributed by atoms with Crippen molar-refractivity contribution in [3.8, 4) is 0 Å². The molecule has 16 heavy (non-hydrogen) atoms. The number of aromatic nitrogens is 3. The lowest BCUT2D eigenvalue weighted by Crippen LogP contribution is -2.25. The Hall–Kier alpha value is -1.82. The van der Waals surface area contributed by atoms with Crippen LogP contribution in [0.15, 0.2) is 23.1 Å². The third kappa shape index (κ3) is 1.79. The minimum absolute atomic E-state index is 0.214. The van der Waals surface area contributed by atoms with Gasteiger partial charge in [0, 0.05) is 6.20 Å². The lowest BCUT2D eigenvalue weighted by molar-refractivity contribution is -0.141. The van der Waals surface area contributed by atoms with Crippen molar-refractivity contribution in [1.29, 1.82) is 0 Å². The van der Waals surface area contributed by atoms with Crippen LogP contribution in [0, 0.1) is 0 Å². The van der Waals surface area contributed by atoms with Gasteiger partial charge in [0.25, 0.3) is 0 Å². The number of esters is 1. The number of carbonyl (C=O) groups excluding carboxylic acids is 1. The highest BCUT2D eigenvalue weighted by Crippen LogP contribution is 2.07. The summed E-state index contributed by atoms with van der Waals surface area (Å²) in [5.74, 6) is -0.531. The van der Waals surface area contributed by atoms with Gasteiger partial charge in [0.2, 0.25) is 0 Å². The summed E-state index contributed by atoms with van der Waals surface area (Å²) in [4.78, 5) is 22.7. The molecule has 2 aromatic rings. The van der Waals surface area contributed by atoms with Gasteiger partial charge in [-0.3, -0.25) is 4.79 Å². The molecule has 84 valence electrons. The van der Waals surface area contributed by atoms with Crippen LogP contribution in [0.1, 0.15) is 0 Å². The van der Waals surface area contributed by atoms with Gasteiger partial charge in [-0.15, -0.1) is 5.10 Å². The molecule has 0 saturated carbocycles. The van der Waals surface area contributed by atoms with Gasteiger partial charge in [0.15, 0.2) is 5.65 Å². The van der Waals surface area contributed by atoms with E-state index in [0.29, 0.717) is 10.7 Å². The summed E-state index contributed by atoms with van der Waals surface area (Å²) in [5.41, 5.74) is 0.00111. The zero-order chi connectivity index (χ0) is 11.7. The summed E-state index contributed by atoms with van der Waals surface area (Å²) in [5, 5.41) is 4.37. The van der Waals surface area contributed by atoms with Crippen molar-refractivity contribution >= 4 is 23.2 Å². The Morgan fingerprint density at radius 2 is 2.31 bits per heavy atom. The average Bonchev–Trinajstić information content (AvgIpc) is 2.56. The molecule has 2 heterocycles. The van der Waals surface area contributed by atoms with Crippen LogP contribution in [0.5, 0.6) is 0 Å². The Kier molecular flexibility index (Phi) is 2.66. The molecule has 2 aromatic heterocycles. The normalized spacial score (nSPS) is 10.6. The van der Waals surface area contributed by atoms with E-state index in [9.17, 15) is 9.59 Å². The number of halogens is 1. The Morgan fingerprint density at radius 3 is 3.00 bits per heavy atom. The van der Waals surface area contributed by atoms with Crippen molar-refractivity contribution in [2.24, 2.45) is 0 Å². The first kappa shape index (κ1) is 10.7. The minimum Gasteiger partial charge on any atom is -0.468 e. The Balaban J connectivity index is 2.52. The van der Waals surface area contributed by atoms with Gasteiger partial charge in [0.1, 0.15) is 6.54 Å². The lowest BCUT2D eigenvalue weighted by Gasteiger charge is -1.95. The fourth-order valence-electron chi connectivity index (χ4n) is 1.28. The zero-order valence-corrected chi connectivity index (χ0v) is 9.14. The second kappa shape index (κ2) is 3.97. The van der Waals surface area contributed by atoms with E-state index in [4.69, 9.17) is 11.6 Å². The van der Waals surface area contributed by atoms with Gasteiger partial charge in [-0.05, 0) is 12.1 Å². The first-order valence-electron chi connectivity index (χ1n) is 4.43. The fourth-order valence-corrected chi connectivity index (χ4v) is 1.44. The van der Waals surface area contributed by atoms with E-state index in [1.807, 2.05) is 0 Å². The van der Waals surface area contributed by atoms with Gasteiger partial charge in [-0.2, -0.15) is 0 Å². The van der Waals surface area contributed by atoms with E-state index in [1.54, 1.807) is 12.1 Å². The van der Waals surface area contributed by atoms with E-state index >= 15 is 0 Å². The van der Waals surface area contributed by atoms with E-state index in [0.717, 1.165) is 4.68 Å². The monoisotopic (exact) mass is 241 g/mol. The van der Waals surface area contributed by atoms with Gasteiger partial charge < -0.3 is 4.74 Å². The minimum atomic E-state index is -0.531. The highest BCUT2D eigenvalue weighted by Gasteiger charge is 2.10. The Bertz CT molecular complexity index is 602. The van der Waals surface area contributed by atoms with Crippen LogP contribution in [0.2, 0.25) is 5.02 Å². The number of nitrogens with zero attached hydrogens (tertiary/aromatic N) is 3. The number of hydrogen-bond donors (Lipinski definition) is 0. The second-order valence-corrected chi connectivity index (χ2v) is 3.53. The van der Waals surface area contributed by atoms with Crippen molar-refractivity contribution in [2.45, 2.75) is 6.54 Å². The molecule has 0 bridgehead atoms. The number of carbonyl (C=O) groups is 1. The topological polar surface area (TPSA) is 65.6 Å². The standard InChI is InChI=1S/C9H8ClN3O3/c1-16-8(14)5-13-9(15)12-4-6(10)2-3-7(12)11-13/h2-4H,5H2,1H3. The fraction of sp³-hybridized carbons (Fsp3) is 0.222. The zero-order valence-electron chi connectivity index (χ0n) is 8.38. The van der Waals surface area contributed by atoms with Crippen LogP contribution in [0.25, 0.3) is 5.65 Å². The van der Waals surface area contributed by atoms with Crippen molar-refractivity contribution in [1.82, 2.24) is 14.2 Å². The highest BCUT2D eigenvalue weighted by molar-refractivity contribution is 6.30. The molecule has 0 aliphatic carbocycles. The van der Waals surface area contributed by atoms with E-state index in [-0.39, 0.29) is 6.54 Å². The summed E-state index contributed by atoms with van der Waals surface area (Å²) in [6.45, 7) is -0.214. The number of ether oxygens (including phenoxy) is 1. The highest BCUT2D eigenvalue weighted by atomic mass is 35.5. The largest absolute Gasteiger partial charge is 0.468 e. The van der Waals surface area contributed by atoms with Gasteiger partial charge in [-0.25, -0.2) is 13.9 Å². The smallest absolute Gasteiger partial charge is 0.350 e. The van der Waals surface area contributed by atoms with Gasteiger partial charge in [0.05, 0.1) is 12.1 Å². The van der Waals surface area contributed by atoms with Gasteiger partial charge in [-0.1, -0.05) is 11.6 Å². The van der Waals surface area contributed by atoms with Gasteiger partial charge >= 0.3 is 11.7 Å². The SMILES string of the molecule is COC(=O)Cn1nc2ccc(Cl)cn2c1=O. The van der Waals surface area contributed by atoms with Crippen molar-refractivity contribution in [3.05, 3.63) is 33.8 Å². The third-order valence-corrected chi connectivity index (χ3v) is 2.27. The van der Waals surface area contributed by atoms with Crippen molar-refractivity contribution in [3.63, 3.8) is 0 Å². The number of fused-ring (bicyclic) bond motifs is 1. The van der Waals surface area contributed by atoms with Crippen LogP contribution in [-0.4, -0.2) is 27.3 Å². The summed E-state index contributed by atoms with van der Waals surface area (Å²) >= 11 is 5.74. The molecule has 0 unspecified atom stereocenters. The predicted molar refractivity (Wildman–Crippen MR) is 56.5 cm³/mol. The molecule has 0 amide bonds. The number of hydrogen-bond acceptors (Lipinski definition) is 4. The maximum atomic E-state index is 11.7. The first-order chi connectivity index (χ1) is 7.61. The number of pyridine rings is 1. The number of methoxy groups -OCH3 is 1. The summed E-state index contributed by atoms with van der Waals surface area (Å²) in [7, 11) is 1.25. The second-order valence-electron chi connectivity index (χ2n) is 3.09. The van der Waals surface area contributed by atoms with E-state index < -0.39 is 11.7 Å². The molecule has 2 rings (SSSR count).